The fraction of sp³-hybridized carbons (Fsp3) is 0.421. The van der Waals surface area contributed by atoms with Crippen LogP contribution in [-0.2, 0) is 23.2 Å². The van der Waals surface area contributed by atoms with E-state index in [9.17, 15) is 18.0 Å². The molecule has 11 heteroatoms. The standard InChI is InChI=1S/C17H21ClN4O.C2HF3O2/c1-12-11-21(2)20-15(12)10-19-14-7-5-9-22(17(14)23)16-8-4-3-6-13(16)18;3-2(4,5)1(6)7/h3-4,6,8,11,14,19H,5,7,9-10H2,1-2H3;(H,6,7). The number of aromatic nitrogens is 2. The van der Waals surface area contributed by atoms with Crippen molar-refractivity contribution < 1.29 is 27.9 Å². The van der Waals surface area contributed by atoms with Gasteiger partial charge in [-0.25, -0.2) is 4.79 Å². The zero-order valence-corrected chi connectivity index (χ0v) is 17.2. The lowest BCUT2D eigenvalue weighted by Gasteiger charge is -2.33. The van der Waals surface area contributed by atoms with Crippen LogP contribution in [0.15, 0.2) is 30.5 Å². The number of hydrogen-bond donors (Lipinski definition) is 2. The molecule has 7 nitrogen and oxygen atoms in total. The molecule has 1 fully saturated rings. The van der Waals surface area contributed by atoms with Gasteiger partial charge in [0.05, 0.1) is 22.4 Å². The fourth-order valence-corrected chi connectivity index (χ4v) is 3.26. The van der Waals surface area contributed by atoms with Crippen LogP contribution in [0.2, 0.25) is 5.02 Å². The summed E-state index contributed by atoms with van der Waals surface area (Å²) in [5.74, 6) is -2.68. The third kappa shape index (κ3) is 6.20. The van der Waals surface area contributed by atoms with Gasteiger partial charge in [-0.05, 0) is 37.5 Å². The van der Waals surface area contributed by atoms with Crippen LogP contribution in [0, 0.1) is 6.92 Å². The van der Waals surface area contributed by atoms with Gasteiger partial charge in [0.25, 0.3) is 0 Å². The smallest absolute Gasteiger partial charge is 0.475 e. The molecule has 2 heterocycles. The maximum atomic E-state index is 12.8. The van der Waals surface area contributed by atoms with Crippen molar-refractivity contribution in [1.29, 1.82) is 0 Å². The Bertz CT molecular complexity index is 901. The van der Waals surface area contributed by atoms with E-state index in [1.807, 2.05) is 44.4 Å². The highest BCUT2D eigenvalue weighted by molar-refractivity contribution is 6.33. The molecule has 2 N–H and O–H groups in total. The van der Waals surface area contributed by atoms with Crippen LogP contribution in [-0.4, -0.2) is 45.5 Å². The van der Waals surface area contributed by atoms with Crippen molar-refractivity contribution in [3.63, 3.8) is 0 Å². The van der Waals surface area contributed by atoms with Crippen molar-refractivity contribution in [3.05, 3.63) is 46.7 Å². The van der Waals surface area contributed by atoms with Gasteiger partial charge in [0, 0.05) is 26.3 Å². The van der Waals surface area contributed by atoms with E-state index in [4.69, 9.17) is 21.5 Å². The summed E-state index contributed by atoms with van der Waals surface area (Å²) in [5.41, 5.74) is 2.90. The molecular formula is C19H22ClF3N4O3. The molecule has 164 valence electrons. The van der Waals surface area contributed by atoms with Crippen LogP contribution in [0.25, 0.3) is 0 Å². The minimum atomic E-state index is -5.08. The van der Waals surface area contributed by atoms with Gasteiger partial charge in [0.15, 0.2) is 0 Å². The van der Waals surface area contributed by atoms with Crippen molar-refractivity contribution in [2.24, 2.45) is 7.05 Å². The Morgan fingerprint density at radius 2 is 2.00 bits per heavy atom. The number of aliphatic carboxylic acids is 1. The number of nitrogens with one attached hydrogen (secondary N) is 1. The van der Waals surface area contributed by atoms with E-state index in [0.717, 1.165) is 29.8 Å². The van der Waals surface area contributed by atoms with Crippen LogP contribution >= 0.6 is 11.6 Å². The SMILES string of the molecule is Cc1cn(C)nc1CNC1CCCN(c2ccccc2Cl)C1=O.O=C(O)C(F)(F)F. The molecule has 0 spiro atoms. The molecular weight excluding hydrogens is 425 g/mol. The van der Waals surface area contributed by atoms with Gasteiger partial charge in [0.1, 0.15) is 0 Å². The molecule has 0 saturated carbocycles. The largest absolute Gasteiger partial charge is 0.490 e. The Labute approximate surface area is 176 Å². The molecule has 1 unspecified atom stereocenters. The molecule has 1 saturated heterocycles. The summed E-state index contributed by atoms with van der Waals surface area (Å²) in [6, 6.07) is 7.30. The molecule has 1 aliphatic rings. The average molecular weight is 447 g/mol. The number of nitrogens with zero attached hydrogens (tertiary/aromatic N) is 3. The topological polar surface area (TPSA) is 87.5 Å². The molecule has 1 amide bonds. The van der Waals surface area contributed by atoms with Gasteiger partial charge >= 0.3 is 12.1 Å². The van der Waals surface area contributed by atoms with Crippen LogP contribution < -0.4 is 10.2 Å². The van der Waals surface area contributed by atoms with E-state index >= 15 is 0 Å². The lowest BCUT2D eigenvalue weighted by Crippen LogP contribution is -2.50. The normalized spacial score (nSPS) is 16.8. The van der Waals surface area contributed by atoms with Gasteiger partial charge in [-0.2, -0.15) is 18.3 Å². The Morgan fingerprint density at radius 3 is 2.53 bits per heavy atom. The molecule has 1 atom stereocenters. The number of carboxylic acid groups (broad SMARTS) is 1. The number of piperidine rings is 1. The zero-order valence-electron chi connectivity index (χ0n) is 16.4. The van der Waals surface area contributed by atoms with Crippen LogP contribution in [0.1, 0.15) is 24.1 Å². The van der Waals surface area contributed by atoms with Gasteiger partial charge in [-0.15, -0.1) is 0 Å². The molecule has 1 aromatic carbocycles. The molecule has 1 aromatic heterocycles. The quantitative estimate of drug-likeness (QED) is 0.752. The molecule has 30 heavy (non-hydrogen) atoms. The number of hydrogen-bond acceptors (Lipinski definition) is 4. The third-order valence-electron chi connectivity index (χ3n) is 4.45. The number of aryl methyl sites for hydroxylation is 2. The monoisotopic (exact) mass is 446 g/mol. The summed E-state index contributed by atoms with van der Waals surface area (Å²) >= 11 is 6.24. The number of para-hydroxylation sites is 1. The first-order valence-electron chi connectivity index (χ1n) is 9.09. The van der Waals surface area contributed by atoms with Crippen LogP contribution in [0.5, 0.6) is 0 Å². The van der Waals surface area contributed by atoms with E-state index in [2.05, 4.69) is 10.4 Å². The Morgan fingerprint density at radius 1 is 1.37 bits per heavy atom. The number of benzene rings is 1. The fourth-order valence-electron chi connectivity index (χ4n) is 3.02. The van der Waals surface area contributed by atoms with Crippen molar-refractivity contribution in [3.8, 4) is 0 Å². The second-order valence-electron chi connectivity index (χ2n) is 6.75. The first kappa shape index (κ1) is 23.7. The van der Waals surface area contributed by atoms with Gasteiger partial charge in [0.2, 0.25) is 5.91 Å². The van der Waals surface area contributed by atoms with Crippen molar-refractivity contribution in [2.75, 3.05) is 11.4 Å². The lowest BCUT2D eigenvalue weighted by atomic mass is 10.0. The van der Waals surface area contributed by atoms with E-state index in [1.54, 1.807) is 9.58 Å². The van der Waals surface area contributed by atoms with E-state index in [1.165, 1.54) is 0 Å². The van der Waals surface area contributed by atoms with Crippen LogP contribution in [0.4, 0.5) is 18.9 Å². The number of rotatable bonds is 4. The number of carbonyl (C=O) groups excluding carboxylic acids is 1. The summed E-state index contributed by atoms with van der Waals surface area (Å²) in [5, 5.41) is 15.5. The molecule has 3 rings (SSSR count). The van der Waals surface area contributed by atoms with E-state index < -0.39 is 12.1 Å². The first-order valence-corrected chi connectivity index (χ1v) is 9.47. The predicted octanol–water partition coefficient (Wildman–Crippen LogP) is 3.30. The average Bonchev–Trinajstić information content (AvgIpc) is 2.98. The summed E-state index contributed by atoms with van der Waals surface area (Å²) in [4.78, 5) is 23.5. The van der Waals surface area contributed by atoms with E-state index in [0.29, 0.717) is 18.1 Å². The molecule has 2 aromatic rings. The summed E-state index contributed by atoms with van der Waals surface area (Å²) < 4.78 is 33.5. The molecule has 1 aliphatic heterocycles. The summed E-state index contributed by atoms with van der Waals surface area (Å²) in [6.07, 6.45) is -1.31. The maximum absolute atomic E-state index is 12.8. The third-order valence-corrected chi connectivity index (χ3v) is 4.77. The summed E-state index contributed by atoms with van der Waals surface area (Å²) in [7, 11) is 1.90. The Kier molecular flexibility index (Phi) is 7.85. The van der Waals surface area contributed by atoms with Crippen LogP contribution in [0.3, 0.4) is 0 Å². The Balaban J connectivity index is 0.000000396. The number of carboxylic acids is 1. The van der Waals surface area contributed by atoms with Gasteiger partial charge < -0.3 is 15.3 Å². The highest BCUT2D eigenvalue weighted by atomic mass is 35.5. The number of anilines is 1. The number of carbonyl (C=O) groups is 2. The Hall–Kier alpha value is -2.59. The lowest BCUT2D eigenvalue weighted by molar-refractivity contribution is -0.192. The molecule has 0 radical (unpaired) electrons. The highest BCUT2D eigenvalue weighted by Crippen LogP contribution is 2.28. The number of amides is 1. The minimum absolute atomic E-state index is 0.0814. The number of halogens is 4. The highest BCUT2D eigenvalue weighted by Gasteiger charge is 2.38. The van der Waals surface area contributed by atoms with Crippen molar-refractivity contribution >= 4 is 29.2 Å². The van der Waals surface area contributed by atoms with Crippen molar-refractivity contribution in [1.82, 2.24) is 15.1 Å². The maximum Gasteiger partial charge on any atom is 0.490 e. The predicted molar refractivity (Wildman–Crippen MR) is 105 cm³/mol. The zero-order chi connectivity index (χ0) is 22.5. The number of alkyl halides is 3. The first-order chi connectivity index (χ1) is 14.0. The second-order valence-corrected chi connectivity index (χ2v) is 7.16. The van der Waals surface area contributed by atoms with E-state index in [-0.39, 0.29) is 11.9 Å². The minimum Gasteiger partial charge on any atom is -0.475 e. The molecule has 0 aliphatic carbocycles. The van der Waals surface area contributed by atoms with Crippen molar-refractivity contribution in [2.45, 2.75) is 38.5 Å². The summed E-state index contributed by atoms with van der Waals surface area (Å²) in [6.45, 7) is 3.34. The second kappa shape index (κ2) is 9.94. The van der Waals surface area contributed by atoms with Gasteiger partial charge in [-0.1, -0.05) is 23.7 Å². The molecule has 0 bridgehead atoms. The van der Waals surface area contributed by atoms with Gasteiger partial charge in [-0.3, -0.25) is 9.48 Å².